The van der Waals surface area contributed by atoms with E-state index in [1.54, 1.807) is 35.1 Å². The van der Waals surface area contributed by atoms with Crippen molar-refractivity contribution in [3.63, 3.8) is 0 Å². The van der Waals surface area contributed by atoms with Gasteiger partial charge < -0.3 is 89.2 Å². The second kappa shape index (κ2) is 28.0. The van der Waals surface area contributed by atoms with Gasteiger partial charge in [-0.05, 0) is 104 Å². The second-order valence-corrected chi connectivity index (χ2v) is 21.3. The molecule has 5 aliphatic rings. The van der Waals surface area contributed by atoms with Gasteiger partial charge in [-0.1, -0.05) is 35.6 Å². The Labute approximate surface area is 488 Å². The van der Waals surface area contributed by atoms with E-state index in [0.717, 1.165) is 31.2 Å². The number of aromatic nitrogens is 3. The van der Waals surface area contributed by atoms with Crippen LogP contribution in [0.3, 0.4) is 0 Å². The summed E-state index contributed by atoms with van der Waals surface area (Å²) in [5.74, 6) is 0.142. The highest BCUT2D eigenvalue weighted by atomic mass is 16.7. The number of hydrogen-bond donors (Lipinski definition) is 9. The molecule has 9 N–H and O–H groups in total. The highest BCUT2D eigenvalue weighted by Crippen LogP contribution is 2.57. The van der Waals surface area contributed by atoms with Crippen molar-refractivity contribution in [1.82, 2.24) is 25.6 Å². The normalized spacial score (nSPS) is 23.1. The molecule has 25 heteroatoms. The predicted molar refractivity (Wildman–Crippen MR) is 298 cm³/mol. The van der Waals surface area contributed by atoms with Crippen molar-refractivity contribution in [2.45, 2.75) is 87.4 Å². The number of nitrogens with one attached hydrogen (secondary N) is 3. The minimum atomic E-state index is -1.50. The summed E-state index contributed by atoms with van der Waals surface area (Å²) < 4.78 is 53.1. The number of hydrogen-bond acceptors (Lipinski definition) is 21. The van der Waals surface area contributed by atoms with Gasteiger partial charge in [0, 0.05) is 47.1 Å². The topological polar surface area (TPSA) is 340 Å². The van der Waals surface area contributed by atoms with Crippen molar-refractivity contribution in [1.29, 1.82) is 0 Å². The van der Waals surface area contributed by atoms with Crippen LogP contribution in [0.4, 0.5) is 10.5 Å². The van der Waals surface area contributed by atoms with E-state index in [4.69, 9.17) is 42.6 Å². The Morgan fingerprint density at radius 2 is 1.42 bits per heavy atom. The first-order valence-corrected chi connectivity index (χ1v) is 28.4. The number of esters is 1. The van der Waals surface area contributed by atoms with Crippen LogP contribution in [-0.2, 0) is 67.7 Å². The first-order chi connectivity index (χ1) is 41.3. The quantitative estimate of drug-likeness (QED) is 0.0207. The number of anilines is 1. The Morgan fingerprint density at radius 3 is 2.11 bits per heavy atom. The number of aliphatic hydroxyl groups excluding tert-OH is 4. The van der Waals surface area contributed by atoms with Crippen LogP contribution < -0.4 is 25.4 Å². The van der Waals surface area contributed by atoms with Crippen molar-refractivity contribution < 1.29 is 92.4 Å². The van der Waals surface area contributed by atoms with Gasteiger partial charge >= 0.3 is 12.1 Å². The number of fused-ring (bicyclic) bond motifs is 7. The van der Waals surface area contributed by atoms with E-state index < -0.39 is 79.4 Å². The van der Waals surface area contributed by atoms with Crippen molar-refractivity contribution in [2.75, 3.05) is 77.9 Å². The summed E-state index contributed by atoms with van der Waals surface area (Å²) in [4.78, 5) is 54.2. The average Bonchev–Trinajstić information content (AvgIpc) is 1.68. The van der Waals surface area contributed by atoms with E-state index in [1.807, 2.05) is 24.3 Å². The number of amides is 3. The molecular weight excluding hydrogens is 1110 g/mol. The summed E-state index contributed by atoms with van der Waals surface area (Å²) in [5, 5.41) is 76.3. The van der Waals surface area contributed by atoms with Gasteiger partial charge in [-0.25, -0.2) is 14.3 Å². The largest absolute Gasteiger partial charge is 0.508 e. The van der Waals surface area contributed by atoms with Gasteiger partial charge in [0.05, 0.1) is 83.8 Å². The van der Waals surface area contributed by atoms with Gasteiger partial charge in [-0.3, -0.25) is 9.59 Å². The Kier molecular flexibility index (Phi) is 19.9. The van der Waals surface area contributed by atoms with Crippen LogP contribution in [0.2, 0.25) is 0 Å². The monoisotopic (exact) mass is 1180 g/mol. The van der Waals surface area contributed by atoms with Crippen molar-refractivity contribution >= 4 is 29.6 Å². The summed E-state index contributed by atoms with van der Waals surface area (Å²) in [6, 6.07) is 19.7. The van der Waals surface area contributed by atoms with Crippen LogP contribution in [0.5, 0.6) is 28.7 Å². The lowest BCUT2D eigenvalue weighted by Crippen LogP contribution is -2.59. The molecule has 1 spiro atoms. The molecule has 0 radical (unpaired) electrons. The number of aliphatic hydroxyl groups is 4. The fourth-order valence-electron chi connectivity index (χ4n) is 11.2. The lowest BCUT2D eigenvalue weighted by atomic mass is 9.77. The van der Waals surface area contributed by atoms with Crippen LogP contribution in [0, 0.1) is 17.8 Å². The number of benzene rings is 4. The van der Waals surface area contributed by atoms with E-state index in [-0.39, 0.29) is 66.4 Å². The van der Waals surface area contributed by atoms with Crippen molar-refractivity contribution in [3.8, 4) is 28.7 Å². The van der Waals surface area contributed by atoms with Crippen LogP contribution in [0.1, 0.15) is 64.0 Å². The van der Waals surface area contributed by atoms with Crippen LogP contribution in [-0.4, -0.2) is 179 Å². The molecule has 2 aliphatic carbocycles. The van der Waals surface area contributed by atoms with E-state index >= 15 is 0 Å². The molecule has 3 aliphatic heterocycles. The number of phenolic OH excluding ortho intramolecular Hbond substituents is 2. The zero-order valence-electron chi connectivity index (χ0n) is 46.5. The Hall–Kier alpha value is -7.72. The molecule has 1 saturated carbocycles. The van der Waals surface area contributed by atoms with Gasteiger partial charge in [0.1, 0.15) is 65.8 Å². The van der Waals surface area contributed by atoms with Gasteiger partial charge in [0.2, 0.25) is 11.8 Å². The Balaban J connectivity index is 0.642. The summed E-state index contributed by atoms with van der Waals surface area (Å²) in [6.45, 7) is 1.93. The number of rotatable bonds is 27. The third kappa shape index (κ3) is 14.7. The van der Waals surface area contributed by atoms with Crippen LogP contribution >= 0.6 is 0 Å². The highest BCUT2D eigenvalue weighted by molar-refractivity contribution is 6.00. The number of carbonyl (C=O) groups is 4. The first kappa shape index (κ1) is 60.4. The van der Waals surface area contributed by atoms with E-state index in [9.17, 15) is 49.8 Å². The van der Waals surface area contributed by atoms with Crippen molar-refractivity contribution in [3.05, 3.63) is 131 Å². The average molecular weight is 1180 g/mol. The summed E-state index contributed by atoms with van der Waals surface area (Å²) >= 11 is 0. The maximum absolute atomic E-state index is 13.8. The van der Waals surface area contributed by atoms with Gasteiger partial charge in [-0.2, -0.15) is 0 Å². The molecule has 5 aromatic rings. The van der Waals surface area contributed by atoms with Crippen LogP contribution in [0.25, 0.3) is 0 Å². The minimum absolute atomic E-state index is 0.0815. The lowest BCUT2D eigenvalue weighted by molar-refractivity contribution is -0.300. The molecule has 10 rings (SSSR count). The molecule has 2 unspecified atom stereocenters. The van der Waals surface area contributed by atoms with E-state index in [2.05, 4.69) is 38.4 Å². The summed E-state index contributed by atoms with van der Waals surface area (Å²) in [6.07, 6.45) is 3.06. The number of alkyl carbamates (subject to hydrolysis) is 1. The SMILES string of the molecule is O=C(CNC(=O)[C@H](Cc1cn(CCOCCOCCOCCOc2ccc(CCO[C@@H]3O[C@H](CO)[C@@H](O)[C@H](O)[C@H]3O)cc2)nn1)NC(=O)OCC1C2CC/C=C\CC[C@H]21)Nc1ccc2c(c1)C(=O)OC21c2ccc(O)cc2Oc2cc(O)ccc21. The Bertz CT molecular complexity index is 3090. The molecule has 3 amide bonds. The molecule has 1 saturated heterocycles. The molecule has 9 atom stereocenters. The highest BCUT2D eigenvalue weighted by Gasteiger charge is 2.54. The number of phenols is 2. The standard InChI is InChI=1S/C60H70N6O19/c67-33-51-53(71)54(72)55(73)58(84-51)81-19-17-35-7-12-40(13-8-35)80-26-25-79-24-23-78-22-21-77-20-18-66-32-37(64-65-66)28-48(63-59(76)82-34-44-41-5-3-1-2-4-6-42(41)44)56(74)61-31-52(70)62-36-9-14-45-43(27-36)57(75)85-60(45)46-15-10-38(68)29-49(46)83-50-30-39(69)11-16-47(50)60/h1-2,7-16,27,29-30,32,41-42,44,48,51,53-55,58,67-69,71-73H,3-6,17-26,28,31,33-34H2,(H,61,74)(H,62,70)(H,63,76)/b2-1-/t41-,42?,44?,48+,51-,53-,54+,55-,58-/m1/s1. The molecule has 1 aromatic heterocycles. The maximum atomic E-state index is 13.8. The third-order valence-electron chi connectivity index (χ3n) is 15.7. The van der Waals surface area contributed by atoms with E-state index in [1.165, 1.54) is 30.3 Å². The number of ether oxygens (including phenoxy) is 9. The summed E-state index contributed by atoms with van der Waals surface area (Å²) in [7, 11) is 0. The molecule has 0 bridgehead atoms. The summed E-state index contributed by atoms with van der Waals surface area (Å²) in [5.41, 5.74) is 1.52. The molecule has 4 aromatic carbocycles. The molecule has 2 fully saturated rings. The predicted octanol–water partition coefficient (Wildman–Crippen LogP) is 3.13. The third-order valence-corrected chi connectivity index (χ3v) is 15.7. The fourth-order valence-corrected chi connectivity index (χ4v) is 11.2. The zero-order chi connectivity index (χ0) is 59.5. The maximum Gasteiger partial charge on any atom is 0.407 e. The van der Waals surface area contributed by atoms with Crippen molar-refractivity contribution in [2.24, 2.45) is 17.8 Å². The second-order valence-electron chi connectivity index (χ2n) is 21.3. The smallest absolute Gasteiger partial charge is 0.407 e. The van der Waals surface area contributed by atoms with Gasteiger partial charge in [-0.15, -0.1) is 5.10 Å². The van der Waals surface area contributed by atoms with Gasteiger partial charge in [0.15, 0.2) is 11.9 Å². The Morgan fingerprint density at radius 1 is 0.765 bits per heavy atom. The molecular formula is C60H70N6O19. The number of allylic oxidation sites excluding steroid dienone is 2. The molecule has 454 valence electrons. The molecule has 85 heavy (non-hydrogen) atoms. The molecule has 25 nitrogen and oxygen atoms in total. The number of nitrogens with zero attached hydrogens (tertiary/aromatic N) is 3. The molecule has 4 heterocycles. The zero-order valence-corrected chi connectivity index (χ0v) is 46.5. The number of carbonyl (C=O) groups excluding carboxylic acids is 4. The lowest BCUT2D eigenvalue weighted by Gasteiger charge is -2.39. The fraction of sp³-hybridized carbons (Fsp3) is 0.467. The number of aromatic hydroxyl groups is 2. The van der Waals surface area contributed by atoms with E-state index in [0.29, 0.717) is 92.6 Å². The first-order valence-electron chi connectivity index (χ1n) is 28.4. The van der Waals surface area contributed by atoms with Gasteiger partial charge in [0.25, 0.3) is 0 Å². The van der Waals surface area contributed by atoms with Crippen LogP contribution in [0.15, 0.2) is 97.2 Å². The minimum Gasteiger partial charge on any atom is -0.508 e.